The van der Waals surface area contributed by atoms with Crippen molar-refractivity contribution in [3.63, 3.8) is 0 Å². The van der Waals surface area contributed by atoms with Crippen LogP contribution in [0.4, 0.5) is 0 Å². The largest absolute Gasteiger partial charge is 0.381 e. The van der Waals surface area contributed by atoms with Crippen LogP contribution in [0.2, 0.25) is 0 Å². The van der Waals surface area contributed by atoms with Crippen molar-refractivity contribution in [3.05, 3.63) is 35.4 Å². The van der Waals surface area contributed by atoms with E-state index < -0.39 is 6.04 Å². The maximum atomic E-state index is 12.3. The number of nitrogens with two attached hydrogens (primary N) is 1. The van der Waals surface area contributed by atoms with Crippen molar-refractivity contribution in [2.75, 3.05) is 26.3 Å². The summed E-state index contributed by atoms with van der Waals surface area (Å²) in [7, 11) is 0. The molecule has 1 amide bonds. The zero-order chi connectivity index (χ0) is 17.5. The average Bonchev–Trinajstić information content (AvgIpc) is 2.68. The molecule has 5 nitrogen and oxygen atoms in total. The number of hydrogen-bond donors (Lipinski definition) is 2. The Morgan fingerprint density at radius 1 is 1.12 bits per heavy atom. The molecule has 2 saturated heterocycles. The Bertz CT molecular complexity index is 534. The predicted molar refractivity (Wildman–Crippen MR) is 98.9 cm³/mol. The van der Waals surface area contributed by atoms with Gasteiger partial charge in [-0.05, 0) is 55.8 Å². The lowest BCUT2D eigenvalue weighted by molar-refractivity contribution is -0.124. The lowest BCUT2D eigenvalue weighted by atomic mass is 9.92. The Morgan fingerprint density at radius 3 is 2.44 bits per heavy atom. The highest BCUT2D eigenvalue weighted by molar-refractivity contribution is 5.81. The summed E-state index contributed by atoms with van der Waals surface area (Å²) in [5, 5.41) is 2.98. The maximum Gasteiger partial charge on any atom is 0.237 e. The minimum Gasteiger partial charge on any atom is -0.381 e. The molecule has 5 heteroatoms. The van der Waals surface area contributed by atoms with Gasteiger partial charge >= 0.3 is 0 Å². The van der Waals surface area contributed by atoms with Gasteiger partial charge in [0.15, 0.2) is 0 Å². The van der Waals surface area contributed by atoms with Crippen molar-refractivity contribution >= 4 is 5.91 Å². The van der Waals surface area contributed by atoms with Crippen molar-refractivity contribution in [1.29, 1.82) is 0 Å². The topological polar surface area (TPSA) is 67.6 Å². The molecule has 0 radical (unpaired) electrons. The van der Waals surface area contributed by atoms with Crippen molar-refractivity contribution in [2.45, 2.75) is 51.2 Å². The van der Waals surface area contributed by atoms with Gasteiger partial charge in [-0.25, -0.2) is 0 Å². The number of benzene rings is 1. The van der Waals surface area contributed by atoms with E-state index in [0.29, 0.717) is 19.8 Å². The number of carbonyl (C=O) groups is 1. The number of nitrogens with zero attached hydrogens (tertiary/aromatic N) is 1. The van der Waals surface area contributed by atoms with Crippen LogP contribution in [0, 0.1) is 5.92 Å². The van der Waals surface area contributed by atoms with E-state index in [4.69, 9.17) is 10.5 Å². The molecular weight excluding hydrogens is 314 g/mol. The molecule has 0 bridgehead atoms. The molecule has 2 aliphatic rings. The molecule has 1 aromatic carbocycles. The van der Waals surface area contributed by atoms with Gasteiger partial charge in [0.25, 0.3) is 0 Å². The molecule has 138 valence electrons. The Kier molecular flexibility index (Phi) is 6.84. The van der Waals surface area contributed by atoms with Crippen LogP contribution in [-0.2, 0) is 22.6 Å². The van der Waals surface area contributed by atoms with Crippen molar-refractivity contribution in [1.82, 2.24) is 10.2 Å². The van der Waals surface area contributed by atoms with Gasteiger partial charge in [-0.1, -0.05) is 30.7 Å². The van der Waals surface area contributed by atoms with Crippen LogP contribution < -0.4 is 11.1 Å². The van der Waals surface area contributed by atoms with Crippen LogP contribution in [0.3, 0.4) is 0 Å². The van der Waals surface area contributed by atoms with Gasteiger partial charge in [-0.15, -0.1) is 0 Å². The monoisotopic (exact) mass is 345 g/mol. The number of nitrogens with one attached hydrogen (secondary N) is 1. The fourth-order valence-electron chi connectivity index (χ4n) is 3.73. The highest BCUT2D eigenvalue weighted by Gasteiger charge is 2.26. The summed E-state index contributed by atoms with van der Waals surface area (Å²) in [6.45, 7) is 5.42. The molecule has 2 fully saturated rings. The molecule has 0 spiro atoms. The molecule has 0 aliphatic carbocycles. The Hall–Kier alpha value is -1.43. The summed E-state index contributed by atoms with van der Waals surface area (Å²) < 4.78 is 5.33. The summed E-state index contributed by atoms with van der Waals surface area (Å²) in [4.78, 5) is 14.8. The number of amides is 1. The van der Waals surface area contributed by atoms with Gasteiger partial charge in [-0.3, -0.25) is 9.69 Å². The van der Waals surface area contributed by atoms with Crippen molar-refractivity contribution < 1.29 is 9.53 Å². The van der Waals surface area contributed by atoms with E-state index in [1.165, 1.54) is 37.9 Å². The van der Waals surface area contributed by atoms with Crippen LogP contribution in [0.1, 0.15) is 43.2 Å². The van der Waals surface area contributed by atoms with Gasteiger partial charge in [0.05, 0.1) is 6.04 Å². The van der Waals surface area contributed by atoms with E-state index in [-0.39, 0.29) is 11.8 Å². The third-order valence-electron chi connectivity index (χ3n) is 5.42. The van der Waals surface area contributed by atoms with E-state index in [1.807, 2.05) is 0 Å². The summed E-state index contributed by atoms with van der Waals surface area (Å²) in [5.74, 6) is 0.185. The maximum absolute atomic E-state index is 12.3. The molecule has 25 heavy (non-hydrogen) atoms. The molecule has 1 aromatic rings. The molecule has 3 rings (SSSR count). The van der Waals surface area contributed by atoms with Gasteiger partial charge in [0.1, 0.15) is 0 Å². The lowest BCUT2D eigenvalue weighted by Gasteiger charge is -2.27. The van der Waals surface area contributed by atoms with Gasteiger partial charge in [-0.2, -0.15) is 0 Å². The number of likely N-dealkylation sites (tertiary alicyclic amines) is 1. The quantitative estimate of drug-likeness (QED) is 0.828. The molecule has 2 heterocycles. The second-order valence-electron chi connectivity index (χ2n) is 7.35. The van der Waals surface area contributed by atoms with Crippen LogP contribution in [-0.4, -0.2) is 43.2 Å². The second-order valence-corrected chi connectivity index (χ2v) is 7.35. The van der Waals surface area contributed by atoms with E-state index >= 15 is 0 Å². The second kappa shape index (κ2) is 9.32. The highest BCUT2D eigenvalue weighted by atomic mass is 16.5. The highest BCUT2D eigenvalue weighted by Crippen LogP contribution is 2.18. The molecular formula is C20H31N3O2. The third-order valence-corrected chi connectivity index (χ3v) is 5.42. The van der Waals surface area contributed by atoms with Gasteiger partial charge < -0.3 is 15.8 Å². The minimum atomic E-state index is -0.428. The molecule has 3 N–H and O–H groups in total. The third kappa shape index (κ3) is 5.53. The zero-order valence-corrected chi connectivity index (χ0v) is 15.1. The van der Waals surface area contributed by atoms with E-state index in [9.17, 15) is 4.79 Å². The number of carbonyl (C=O) groups excluding carboxylic acids is 1. The Labute approximate surface area is 150 Å². The number of ether oxygens (including phenoxy) is 1. The first kappa shape index (κ1) is 18.4. The summed E-state index contributed by atoms with van der Waals surface area (Å²) in [6, 6.07) is 8.14. The molecule has 0 aromatic heterocycles. The van der Waals surface area contributed by atoms with Crippen molar-refractivity contribution in [2.24, 2.45) is 11.7 Å². The van der Waals surface area contributed by atoms with Crippen LogP contribution in [0.5, 0.6) is 0 Å². The van der Waals surface area contributed by atoms with Crippen LogP contribution in [0.25, 0.3) is 0 Å². The van der Waals surface area contributed by atoms with E-state index in [0.717, 1.165) is 24.9 Å². The number of rotatable bonds is 6. The normalized spacial score (nSPS) is 21.0. The Morgan fingerprint density at radius 2 is 1.76 bits per heavy atom. The molecule has 1 unspecified atom stereocenters. The SMILES string of the molecule is NC(C(=O)NCc1ccc(CN2CCCCC2)cc1)C1CCOCC1. The van der Waals surface area contributed by atoms with Gasteiger partial charge in [0, 0.05) is 26.3 Å². The first-order chi connectivity index (χ1) is 12.2. The first-order valence-corrected chi connectivity index (χ1v) is 9.63. The fraction of sp³-hybridized carbons (Fsp3) is 0.650. The van der Waals surface area contributed by atoms with Crippen LogP contribution >= 0.6 is 0 Å². The lowest BCUT2D eigenvalue weighted by Crippen LogP contribution is -2.46. The Balaban J connectivity index is 1.43. The van der Waals surface area contributed by atoms with E-state index in [2.05, 4.69) is 34.5 Å². The van der Waals surface area contributed by atoms with Crippen LogP contribution in [0.15, 0.2) is 24.3 Å². The minimum absolute atomic E-state index is 0.0516. The predicted octanol–water partition coefficient (Wildman–Crippen LogP) is 2.04. The zero-order valence-electron chi connectivity index (χ0n) is 15.1. The smallest absolute Gasteiger partial charge is 0.237 e. The van der Waals surface area contributed by atoms with Gasteiger partial charge in [0.2, 0.25) is 5.91 Å². The average molecular weight is 345 g/mol. The number of hydrogen-bond acceptors (Lipinski definition) is 4. The number of piperidine rings is 1. The van der Waals surface area contributed by atoms with E-state index in [1.54, 1.807) is 0 Å². The molecule has 1 atom stereocenters. The standard InChI is InChI=1S/C20H31N3O2/c21-19(18-8-12-25-13-9-18)20(24)22-14-16-4-6-17(7-5-16)15-23-10-2-1-3-11-23/h4-7,18-19H,1-3,8-15,21H2,(H,22,24). The summed E-state index contributed by atoms with van der Waals surface area (Å²) in [5.41, 5.74) is 8.57. The first-order valence-electron chi connectivity index (χ1n) is 9.63. The summed E-state index contributed by atoms with van der Waals surface area (Å²) in [6.07, 6.45) is 5.75. The molecule has 2 aliphatic heterocycles. The molecule has 0 saturated carbocycles. The fourth-order valence-corrected chi connectivity index (χ4v) is 3.73. The summed E-state index contributed by atoms with van der Waals surface area (Å²) >= 11 is 0. The van der Waals surface area contributed by atoms with Crippen molar-refractivity contribution in [3.8, 4) is 0 Å².